The van der Waals surface area contributed by atoms with Gasteiger partial charge in [0.05, 0.1) is 11.6 Å². The number of carbonyl (C=O) groups is 1. The van der Waals surface area contributed by atoms with E-state index in [1.54, 1.807) is 7.11 Å². The summed E-state index contributed by atoms with van der Waals surface area (Å²) in [4.78, 5) is 11.1. The van der Waals surface area contributed by atoms with E-state index in [4.69, 9.17) is 15.4 Å². The molecule has 1 unspecified atom stereocenters. The van der Waals surface area contributed by atoms with E-state index in [0.717, 1.165) is 4.31 Å². The molecule has 88 valence electrons. The van der Waals surface area contributed by atoms with Crippen molar-refractivity contribution in [1.82, 2.24) is 4.31 Å². The number of rotatable bonds is 4. The molecule has 1 heterocycles. The molecule has 15 heavy (non-hydrogen) atoms. The van der Waals surface area contributed by atoms with E-state index >= 15 is 0 Å². The predicted octanol–water partition coefficient (Wildman–Crippen LogP) is 0.886. The van der Waals surface area contributed by atoms with Crippen molar-refractivity contribution in [2.45, 2.75) is 38.3 Å². The molecule has 0 radical (unpaired) electrons. The third kappa shape index (κ3) is 2.83. The van der Waals surface area contributed by atoms with Crippen molar-refractivity contribution < 1.29 is 17.9 Å². The molecule has 0 aliphatic carbocycles. The number of carbonyl (C=O) groups excluding carboxylic acids is 1. The molecule has 1 saturated heterocycles. The quantitative estimate of drug-likeness (QED) is 0.553. The first-order valence-corrected chi connectivity index (χ1v) is 6.76. The highest BCUT2D eigenvalue weighted by molar-refractivity contribution is 8.12. The maximum Gasteiger partial charge on any atom is 0.324 e. The van der Waals surface area contributed by atoms with E-state index in [-0.39, 0.29) is 12.5 Å². The zero-order valence-electron chi connectivity index (χ0n) is 8.86. The van der Waals surface area contributed by atoms with Crippen LogP contribution in [0.25, 0.3) is 0 Å². The van der Waals surface area contributed by atoms with Crippen LogP contribution in [0.15, 0.2) is 0 Å². The summed E-state index contributed by atoms with van der Waals surface area (Å²) in [5.41, 5.74) is -0.467. The van der Waals surface area contributed by atoms with Gasteiger partial charge in [0.15, 0.2) is 0 Å². The van der Waals surface area contributed by atoms with Gasteiger partial charge in [0, 0.05) is 24.2 Å². The second-order valence-electron chi connectivity index (χ2n) is 4.16. The van der Waals surface area contributed by atoms with Gasteiger partial charge in [-0.3, -0.25) is 4.79 Å². The molecule has 1 atom stereocenters. The Morgan fingerprint density at radius 3 is 2.47 bits per heavy atom. The Labute approximate surface area is 93.9 Å². The second kappa shape index (κ2) is 3.92. The Bertz CT molecular complexity index is 365. The molecule has 0 N–H and O–H groups in total. The fourth-order valence-corrected chi connectivity index (χ4v) is 2.96. The van der Waals surface area contributed by atoms with Crippen LogP contribution in [0.1, 0.15) is 26.7 Å². The van der Waals surface area contributed by atoms with E-state index in [2.05, 4.69) is 0 Å². The topological polar surface area (TPSA) is 63.7 Å². The molecular weight excluding hydrogens is 242 g/mol. The third-order valence-corrected chi connectivity index (χ3v) is 3.92. The first-order chi connectivity index (χ1) is 6.67. The van der Waals surface area contributed by atoms with E-state index in [1.165, 1.54) is 0 Å². The summed E-state index contributed by atoms with van der Waals surface area (Å²) >= 11 is 0. The Kier molecular flexibility index (Phi) is 3.33. The number of halogens is 1. The summed E-state index contributed by atoms with van der Waals surface area (Å²) in [6, 6.07) is -0.380. The van der Waals surface area contributed by atoms with Gasteiger partial charge in [-0.25, -0.2) is 4.31 Å². The van der Waals surface area contributed by atoms with Gasteiger partial charge in [-0.15, -0.1) is 0 Å². The second-order valence-corrected chi connectivity index (χ2v) is 6.55. The Balaban J connectivity index is 2.72. The molecule has 1 amide bonds. The first kappa shape index (κ1) is 12.7. The normalized spacial score (nSPS) is 22.8. The summed E-state index contributed by atoms with van der Waals surface area (Å²) in [6.45, 7) is 3.66. The van der Waals surface area contributed by atoms with Crippen molar-refractivity contribution >= 4 is 25.8 Å². The summed E-state index contributed by atoms with van der Waals surface area (Å²) in [5, 5.41) is 0. The lowest BCUT2D eigenvalue weighted by Crippen LogP contribution is -2.56. The van der Waals surface area contributed by atoms with E-state index in [9.17, 15) is 13.2 Å². The third-order valence-electron chi connectivity index (χ3n) is 2.50. The fourth-order valence-electron chi connectivity index (χ4n) is 1.57. The number of β-lactam (4-membered cyclic amide) rings is 1. The lowest BCUT2D eigenvalue weighted by molar-refractivity contribution is -0.139. The van der Waals surface area contributed by atoms with Crippen molar-refractivity contribution in [2.75, 3.05) is 7.11 Å². The van der Waals surface area contributed by atoms with Crippen LogP contribution in [-0.4, -0.2) is 37.4 Å². The monoisotopic (exact) mass is 255 g/mol. The highest BCUT2D eigenvalue weighted by atomic mass is 35.7. The maximum absolute atomic E-state index is 11.1. The van der Waals surface area contributed by atoms with Crippen LogP contribution >= 0.6 is 10.7 Å². The molecule has 1 aliphatic heterocycles. The Hall–Kier alpha value is -0.330. The summed E-state index contributed by atoms with van der Waals surface area (Å²) in [5.74, 6) is -0.457. The molecule has 0 aromatic rings. The molecule has 0 saturated carbocycles. The van der Waals surface area contributed by atoms with E-state index < -0.39 is 20.7 Å². The lowest BCUT2D eigenvalue weighted by atomic mass is 9.92. The van der Waals surface area contributed by atoms with Crippen molar-refractivity contribution in [1.29, 1.82) is 0 Å². The maximum atomic E-state index is 11.1. The van der Waals surface area contributed by atoms with Gasteiger partial charge < -0.3 is 4.74 Å². The molecular formula is C8H14ClNO4S. The average molecular weight is 256 g/mol. The number of methoxy groups -OCH3 is 1. The molecule has 0 aromatic heterocycles. The van der Waals surface area contributed by atoms with Gasteiger partial charge in [-0.05, 0) is 20.3 Å². The van der Waals surface area contributed by atoms with Crippen molar-refractivity contribution in [3.8, 4) is 0 Å². The minimum Gasteiger partial charge on any atom is -0.379 e. The SMILES string of the molecule is COC(C)(C)CC1CC(=O)N1S(=O)(=O)Cl. The Morgan fingerprint density at radius 1 is 1.60 bits per heavy atom. The van der Waals surface area contributed by atoms with Crippen molar-refractivity contribution in [3.63, 3.8) is 0 Å². The number of hydrogen-bond donors (Lipinski definition) is 0. The zero-order valence-corrected chi connectivity index (χ0v) is 10.4. The van der Waals surface area contributed by atoms with Gasteiger partial charge in [0.25, 0.3) is 0 Å². The Morgan fingerprint density at radius 2 is 2.13 bits per heavy atom. The van der Waals surface area contributed by atoms with Crippen LogP contribution in [0.4, 0.5) is 0 Å². The molecule has 0 aromatic carbocycles. The minimum absolute atomic E-state index is 0.207. The van der Waals surface area contributed by atoms with Gasteiger partial charge in [0.2, 0.25) is 5.91 Å². The number of hydrogen-bond acceptors (Lipinski definition) is 4. The molecule has 1 aliphatic rings. The van der Waals surface area contributed by atoms with Crippen LogP contribution in [0.3, 0.4) is 0 Å². The fraction of sp³-hybridized carbons (Fsp3) is 0.875. The van der Waals surface area contributed by atoms with E-state index in [0.29, 0.717) is 6.42 Å². The average Bonchev–Trinajstić information content (AvgIpc) is 1.99. The van der Waals surface area contributed by atoms with E-state index in [1.807, 2.05) is 13.8 Å². The van der Waals surface area contributed by atoms with Crippen molar-refractivity contribution in [2.24, 2.45) is 0 Å². The highest BCUT2D eigenvalue weighted by Crippen LogP contribution is 2.32. The first-order valence-electron chi connectivity index (χ1n) is 4.49. The van der Waals surface area contributed by atoms with Gasteiger partial charge in [0.1, 0.15) is 0 Å². The smallest absolute Gasteiger partial charge is 0.324 e. The molecule has 0 bridgehead atoms. The van der Waals surface area contributed by atoms with Gasteiger partial charge >= 0.3 is 9.24 Å². The number of ether oxygens (including phenoxy) is 1. The molecule has 5 nitrogen and oxygen atoms in total. The number of amides is 1. The van der Waals surface area contributed by atoms with Crippen LogP contribution in [0.2, 0.25) is 0 Å². The van der Waals surface area contributed by atoms with Crippen LogP contribution in [0, 0.1) is 0 Å². The predicted molar refractivity (Wildman–Crippen MR) is 55.7 cm³/mol. The standard InChI is InChI=1S/C8H14ClNO4S/c1-8(2,14-3)5-6-4-7(11)10(6)15(9,12)13/h6H,4-5H2,1-3H3. The largest absolute Gasteiger partial charge is 0.379 e. The summed E-state index contributed by atoms with van der Waals surface area (Å²) < 4.78 is 28.0. The number of nitrogens with zero attached hydrogens (tertiary/aromatic N) is 1. The molecule has 1 rings (SSSR count). The molecule has 1 fully saturated rings. The molecule has 7 heteroatoms. The molecule has 0 spiro atoms. The van der Waals surface area contributed by atoms with Gasteiger partial charge in [-0.2, -0.15) is 8.42 Å². The lowest BCUT2D eigenvalue weighted by Gasteiger charge is -2.40. The van der Waals surface area contributed by atoms with Gasteiger partial charge in [-0.1, -0.05) is 0 Å². The summed E-state index contributed by atoms with van der Waals surface area (Å²) in [7, 11) is 2.73. The van der Waals surface area contributed by atoms with Crippen LogP contribution < -0.4 is 0 Å². The van der Waals surface area contributed by atoms with Crippen LogP contribution in [-0.2, 0) is 18.8 Å². The zero-order chi connectivity index (χ0) is 11.9. The summed E-state index contributed by atoms with van der Waals surface area (Å²) in [6.07, 6.45) is 0.653. The minimum atomic E-state index is -3.94. The highest BCUT2D eigenvalue weighted by Gasteiger charge is 2.45. The van der Waals surface area contributed by atoms with Crippen LogP contribution in [0.5, 0.6) is 0 Å². The van der Waals surface area contributed by atoms with Crippen molar-refractivity contribution in [3.05, 3.63) is 0 Å².